The molecule has 1 fully saturated rings. The normalized spacial score (nSPS) is 28.1. The smallest absolute Gasteiger partial charge is 0.153 e. The standard InChI is InChI=1S/C12H15FO3S/c1-2-17(15,16)12-10(7-14)11(12)8-4-3-5-9(13)6-8/h3-6,10-12,14H,2,7H2,1H3/t10-,11-,12-/m0/s1. The number of benzene rings is 1. The molecule has 2 rings (SSSR count). The number of hydrogen-bond donors (Lipinski definition) is 1. The second-order valence-corrected chi connectivity index (χ2v) is 6.79. The first-order chi connectivity index (χ1) is 8.01. The van der Waals surface area contributed by atoms with Crippen LogP contribution in [0.1, 0.15) is 18.4 Å². The molecular weight excluding hydrogens is 243 g/mol. The minimum atomic E-state index is -3.18. The van der Waals surface area contributed by atoms with Crippen molar-refractivity contribution in [2.45, 2.75) is 18.1 Å². The number of halogens is 1. The summed E-state index contributed by atoms with van der Waals surface area (Å²) in [6.45, 7) is 1.41. The van der Waals surface area contributed by atoms with Crippen LogP contribution in [0.5, 0.6) is 0 Å². The fraction of sp³-hybridized carbons (Fsp3) is 0.500. The Bertz CT molecular complexity index is 512. The Morgan fingerprint density at radius 2 is 2.12 bits per heavy atom. The molecule has 0 aromatic heterocycles. The van der Waals surface area contributed by atoms with Crippen LogP contribution < -0.4 is 0 Å². The van der Waals surface area contributed by atoms with Gasteiger partial charge in [-0.15, -0.1) is 0 Å². The van der Waals surface area contributed by atoms with Gasteiger partial charge in [0.25, 0.3) is 0 Å². The Balaban J connectivity index is 2.29. The second-order valence-electron chi connectivity index (χ2n) is 4.34. The first kappa shape index (κ1) is 12.5. The van der Waals surface area contributed by atoms with Gasteiger partial charge in [0.2, 0.25) is 0 Å². The topological polar surface area (TPSA) is 54.4 Å². The molecule has 1 aliphatic rings. The van der Waals surface area contributed by atoms with E-state index in [-0.39, 0.29) is 30.0 Å². The van der Waals surface area contributed by atoms with Crippen LogP contribution in [0.3, 0.4) is 0 Å². The molecule has 0 aliphatic heterocycles. The predicted octanol–water partition coefficient (Wildman–Crippen LogP) is 1.33. The monoisotopic (exact) mass is 258 g/mol. The zero-order valence-corrected chi connectivity index (χ0v) is 10.3. The summed E-state index contributed by atoms with van der Waals surface area (Å²) in [5.74, 6) is -0.874. The van der Waals surface area contributed by atoms with E-state index in [1.165, 1.54) is 12.1 Å². The Morgan fingerprint density at radius 1 is 1.41 bits per heavy atom. The number of aliphatic hydroxyl groups is 1. The summed E-state index contributed by atoms with van der Waals surface area (Å²) < 4.78 is 36.7. The fourth-order valence-electron chi connectivity index (χ4n) is 2.39. The van der Waals surface area contributed by atoms with Crippen molar-refractivity contribution in [2.75, 3.05) is 12.4 Å². The van der Waals surface area contributed by atoms with Gasteiger partial charge in [-0.05, 0) is 17.7 Å². The molecule has 5 heteroatoms. The first-order valence-electron chi connectivity index (χ1n) is 5.59. The van der Waals surface area contributed by atoms with E-state index in [1.54, 1.807) is 19.1 Å². The van der Waals surface area contributed by atoms with E-state index in [1.807, 2.05) is 0 Å². The highest BCUT2D eigenvalue weighted by molar-refractivity contribution is 7.92. The number of sulfone groups is 1. The average molecular weight is 258 g/mol. The second kappa shape index (κ2) is 4.38. The summed E-state index contributed by atoms with van der Waals surface area (Å²) in [7, 11) is -3.18. The van der Waals surface area contributed by atoms with Crippen molar-refractivity contribution < 1.29 is 17.9 Å². The van der Waals surface area contributed by atoms with Crippen LogP contribution in [0.4, 0.5) is 4.39 Å². The maximum absolute atomic E-state index is 13.1. The molecule has 0 radical (unpaired) electrons. The van der Waals surface area contributed by atoms with Crippen molar-refractivity contribution in [3.8, 4) is 0 Å². The lowest BCUT2D eigenvalue weighted by Gasteiger charge is -2.00. The third kappa shape index (κ3) is 2.21. The Morgan fingerprint density at radius 3 is 2.65 bits per heavy atom. The summed E-state index contributed by atoms with van der Waals surface area (Å²) in [5, 5.41) is 8.62. The predicted molar refractivity (Wildman–Crippen MR) is 63.0 cm³/mol. The van der Waals surface area contributed by atoms with Crippen LogP contribution in [0.15, 0.2) is 24.3 Å². The third-order valence-electron chi connectivity index (χ3n) is 3.36. The van der Waals surface area contributed by atoms with Gasteiger partial charge in [-0.25, -0.2) is 12.8 Å². The number of rotatable bonds is 4. The fourth-order valence-corrected chi connectivity index (χ4v) is 4.28. The Labute approximate surface area is 100 Å². The van der Waals surface area contributed by atoms with E-state index >= 15 is 0 Å². The lowest BCUT2D eigenvalue weighted by Crippen LogP contribution is -2.13. The molecule has 17 heavy (non-hydrogen) atoms. The first-order valence-corrected chi connectivity index (χ1v) is 7.30. The molecule has 0 unspecified atom stereocenters. The van der Waals surface area contributed by atoms with Crippen LogP contribution >= 0.6 is 0 Å². The van der Waals surface area contributed by atoms with E-state index in [0.717, 1.165) is 0 Å². The zero-order valence-electron chi connectivity index (χ0n) is 9.51. The zero-order chi connectivity index (χ0) is 12.6. The maximum atomic E-state index is 13.1. The molecule has 3 nitrogen and oxygen atoms in total. The highest BCUT2D eigenvalue weighted by Crippen LogP contribution is 2.52. The minimum absolute atomic E-state index is 0.0555. The molecule has 1 saturated carbocycles. The molecule has 1 N–H and O–H groups in total. The third-order valence-corrected chi connectivity index (χ3v) is 5.63. The van der Waals surface area contributed by atoms with Gasteiger partial charge in [0, 0.05) is 24.2 Å². The molecule has 3 atom stereocenters. The van der Waals surface area contributed by atoms with Crippen LogP contribution in [-0.4, -0.2) is 31.1 Å². The Hall–Kier alpha value is -0.940. The molecule has 1 aromatic carbocycles. The number of hydrogen-bond acceptors (Lipinski definition) is 3. The van der Waals surface area contributed by atoms with Gasteiger partial charge in [0.05, 0.1) is 5.25 Å². The summed E-state index contributed by atoms with van der Waals surface area (Å²) in [6, 6.07) is 5.94. The molecule has 94 valence electrons. The SMILES string of the molecule is CCS(=O)(=O)[C@H]1[C@@H](CO)[C@@H]1c1cccc(F)c1. The van der Waals surface area contributed by atoms with Gasteiger partial charge >= 0.3 is 0 Å². The highest BCUT2D eigenvalue weighted by Gasteiger charge is 2.57. The summed E-state index contributed by atoms with van der Waals surface area (Å²) in [6.07, 6.45) is 0. The lowest BCUT2D eigenvalue weighted by atomic mass is 10.1. The molecule has 0 amide bonds. The van der Waals surface area contributed by atoms with Crippen LogP contribution in [0.25, 0.3) is 0 Å². The van der Waals surface area contributed by atoms with E-state index in [0.29, 0.717) is 5.56 Å². The van der Waals surface area contributed by atoms with E-state index < -0.39 is 15.1 Å². The Kier molecular flexibility index (Phi) is 3.23. The number of aliphatic hydroxyl groups excluding tert-OH is 1. The van der Waals surface area contributed by atoms with Gasteiger partial charge < -0.3 is 5.11 Å². The molecule has 0 bridgehead atoms. The van der Waals surface area contributed by atoms with Gasteiger partial charge in [0.1, 0.15) is 5.82 Å². The van der Waals surface area contributed by atoms with Crippen molar-refractivity contribution in [1.29, 1.82) is 0 Å². The van der Waals surface area contributed by atoms with Crippen LogP contribution in [0.2, 0.25) is 0 Å². The maximum Gasteiger partial charge on any atom is 0.153 e. The quantitative estimate of drug-likeness (QED) is 0.886. The van der Waals surface area contributed by atoms with Gasteiger partial charge in [0.15, 0.2) is 9.84 Å². The summed E-state index contributed by atoms with van der Waals surface area (Å²) in [4.78, 5) is 0. The van der Waals surface area contributed by atoms with Crippen LogP contribution in [-0.2, 0) is 9.84 Å². The lowest BCUT2D eigenvalue weighted by molar-refractivity contribution is 0.274. The van der Waals surface area contributed by atoms with Crippen molar-refractivity contribution in [2.24, 2.45) is 5.92 Å². The van der Waals surface area contributed by atoms with Gasteiger partial charge in [-0.1, -0.05) is 19.1 Å². The van der Waals surface area contributed by atoms with E-state index in [2.05, 4.69) is 0 Å². The van der Waals surface area contributed by atoms with Gasteiger partial charge in [-0.2, -0.15) is 0 Å². The molecule has 0 heterocycles. The summed E-state index contributed by atoms with van der Waals surface area (Å²) in [5.41, 5.74) is 0.658. The minimum Gasteiger partial charge on any atom is -0.396 e. The van der Waals surface area contributed by atoms with Crippen molar-refractivity contribution >= 4 is 9.84 Å². The highest BCUT2D eigenvalue weighted by atomic mass is 32.2. The molecule has 0 spiro atoms. The summed E-state index contributed by atoms with van der Waals surface area (Å²) >= 11 is 0. The van der Waals surface area contributed by atoms with Gasteiger partial charge in [-0.3, -0.25) is 0 Å². The average Bonchev–Trinajstić information content (AvgIpc) is 3.04. The molecule has 0 saturated heterocycles. The van der Waals surface area contributed by atoms with Crippen LogP contribution in [0, 0.1) is 11.7 Å². The van der Waals surface area contributed by atoms with Crippen molar-refractivity contribution in [3.05, 3.63) is 35.6 Å². The van der Waals surface area contributed by atoms with Crippen molar-refractivity contribution in [1.82, 2.24) is 0 Å². The molecular formula is C12H15FO3S. The largest absolute Gasteiger partial charge is 0.396 e. The van der Waals surface area contributed by atoms with E-state index in [9.17, 15) is 17.9 Å². The van der Waals surface area contributed by atoms with E-state index in [4.69, 9.17) is 0 Å². The molecule has 1 aliphatic carbocycles. The van der Waals surface area contributed by atoms with Crippen molar-refractivity contribution in [3.63, 3.8) is 0 Å². The molecule has 1 aromatic rings.